The van der Waals surface area contributed by atoms with Crippen molar-refractivity contribution < 1.29 is 4.79 Å². The van der Waals surface area contributed by atoms with Crippen molar-refractivity contribution in [1.29, 1.82) is 0 Å². The third-order valence-electron chi connectivity index (χ3n) is 3.52. The molecule has 0 radical (unpaired) electrons. The number of hydrogen-bond acceptors (Lipinski definition) is 2. The summed E-state index contributed by atoms with van der Waals surface area (Å²) in [7, 11) is 3.45. The minimum absolute atomic E-state index is 0. The number of likely N-dealkylation sites (N-methyl/N-ethyl adjacent to an activating group) is 1. The Labute approximate surface area is 176 Å². The number of aliphatic imine (C=N–C) groups is 1. The molecule has 0 saturated carbocycles. The van der Waals surface area contributed by atoms with E-state index in [1.165, 1.54) is 0 Å². The summed E-state index contributed by atoms with van der Waals surface area (Å²) in [6, 6.07) is 17.6. The van der Waals surface area contributed by atoms with Crippen LogP contribution in [0.25, 0.3) is 0 Å². The second kappa shape index (κ2) is 11.7. The predicted octanol–water partition coefficient (Wildman–Crippen LogP) is 3.28. The Bertz CT molecular complexity index is 722. The molecule has 0 unspecified atom stereocenters. The number of rotatable bonds is 6. The van der Waals surface area contributed by atoms with Crippen LogP contribution in [0.3, 0.4) is 0 Å². The van der Waals surface area contributed by atoms with E-state index in [-0.39, 0.29) is 36.4 Å². The Morgan fingerprint density at radius 1 is 1.04 bits per heavy atom. The fraction of sp³-hybridized carbons (Fsp3) is 0.263. The number of nitrogens with zero attached hydrogens (tertiary/aromatic N) is 2. The van der Waals surface area contributed by atoms with Gasteiger partial charge in [0.2, 0.25) is 5.91 Å². The third-order valence-corrected chi connectivity index (χ3v) is 3.75. The van der Waals surface area contributed by atoms with Crippen LogP contribution in [0.5, 0.6) is 0 Å². The molecule has 0 fully saturated rings. The predicted molar refractivity (Wildman–Crippen MR) is 118 cm³/mol. The van der Waals surface area contributed by atoms with Gasteiger partial charge in [-0.2, -0.15) is 0 Å². The Morgan fingerprint density at radius 3 is 2.38 bits per heavy atom. The van der Waals surface area contributed by atoms with Crippen molar-refractivity contribution in [2.45, 2.75) is 13.1 Å². The van der Waals surface area contributed by atoms with Crippen LogP contribution in [0.2, 0.25) is 5.02 Å². The number of amides is 1. The molecule has 26 heavy (non-hydrogen) atoms. The summed E-state index contributed by atoms with van der Waals surface area (Å²) >= 11 is 6.01. The highest BCUT2D eigenvalue weighted by molar-refractivity contribution is 14.0. The van der Waals surface area contributed by atoms with E-state index in [9.17, 15) is 4.79 Å². The maximum atomic E-state index is 11.8. The van der Waals surface area contributed by atoms with Gasteiger partial charge in [0.05, 0.1) is 13.1 Å². The van der Waals surface area contributed by atoms with Crippen LogP contribution in [-0.4, -0.2) is 37.4 Å². The van der Waals surface area contributed by atoms with E-state index in [1.54, 1.807) is 19.0 Å². The van der Waals surface area contributed by atoms with E-state index >= 15 is 0 Å². The van der Waals surface area contributed by atoms with Crippen LogP contribution in [0.1, 0.15) is 11.1 Å². The molecule has 0 saturated heterocycles. The standard InChI is InChI=1S/C19H23ClN4O.HI/c1-24(2)18(25)14-23-19(21-12-15-7-4-3-5-8-15)22-13-16-9-6-10-17(20)11-16;/h3-11H,12-14H2,1-2H3,(H2,21,22,23);1H. The molecule has 2 N–H and O–H groups in total. The fourth-order valence-electron chi connectivity index (χ4n) is 2.08. The smallest absolute Gasteiger partial charge is 0.241 e. The Balaban J connectivity index is 0.00000338. The van der Waals surface area contributed by atoms with Gasteiger partial charge >= 0.3 is 0 Å². The molecule has 0 heterocycles. The summed E-state index contributed by atoms with van der Waals surface area (Å²) in [4.78, 5) is 17.9. The Morgan fingerprint density at radius 2 is 1.73 bits per heavy atom. The summed E-state index contributed by atoms with van der Waals surface area (Å²) < 4.78 is 0. The van der Waals surface area contributed by atoms with E-state index in [1.807, 2.05) is 54.6 Å². The van der Waals surface area contributed by atoms with Crippen molar-refractivity contribution in [3.05, 3.63) is 70.7 Å². The second-order valence-corrected chi connectivity index (χ2v) is 6.21. The SMILES string of the molecule is CN(C)C(=O)CNC(=NCc1cccc(Cl)c1)NCc1ccccc1.I. The van der Waals surface area contributed by atoms with E-state index in [2.05, 4.69) is 15.6 Å². The molecule has 0 aliphatic heterocycles. The molecule has 2 rings (SSSR count). The van der Waals surface area contributed by atoms with Gasteiger partial charge in [-0.25, -0.2) is 4.99 Å². The maximum Gasteiger partial charge on any atom is 0.241 e. The third kappa shape index (κ3) is 8.05. The van der Waals surface area contributed by atoms with E-state index in [4.69, 9.17) is 11.6 Å². The van der Waals surface area contributed by atoms with Gasteiger partial charge in [0.1, 0.15) is 0 Å². The average Bonchev–Trinajstić information content (AvgIpc) is 2.61. The zero-order chi connectivity index (χ0) is 18.1. The highest BCUT2D eigenvalue weighted by Crippen LogP contribution is 2.11. The largest absolute Gasteiger partial charge is 0.352 e. The first kappa shape index (κ1) is 22.2. The second-order valence-electron chi connectivity index (χ2n) is 5.78. The molecule has 140 valence electrons. The highest BCUT2D eigenvalue weighted by Gasteiger charge is 2.06. The lowest BCUT2D eigenvalue weighted by molar-refractivity contribution is -0.127. The molecule has 0 spiro atoms. The van der Waals surface area contributed by atoms with Gasteiger partial charge in [-0.05, 0) is 23.3 Å². The molecule has 0 aromatic heterocycles. The van der Waals surface area contributed by atoms with Crippen LogP contribution in [0.4, 0.5) is 0 Å². The molecule has 7 heteroatoms. The topological polar surface area (TPSA) is 56.7 Å². The Hall–Kier alpha value is -1.80. The Kier molecular flexibility index (Phi) is 10.0. The summed E-state index contributed by atoms with van der Waals surface area (Å²) in [6.45, 7) is 1.28. The number of benzene rings is 2. The molecule has 0 bridgehead atoms. The minimum Gasteiger partial charge on any atom is -0.352 e. The van der Waals surface area contributed by atoms with Crippen molar-refractivity contribution in [1.82, 2.24) is 15.5 Å². The first-order chi connectivity index (χ1) is 12.0. The number of hydrogen-bond donors (Lipinski definition) is 2. The quantitative estimate of drug-likeness (QED) is 0.374. The van der Waals surface area contributed by atoms with Crippen LogP contribution < -0.4 is 10.6 Å². The molecule has 0 aliphatic rings. The van der Waals surface area contributed by atoms with E-state index < -0.39 is 0 Å². The molecule has 5 nitrogen and oxygen atoms in total. The van der Waals surface area contributed by atoms with Gasteiger partial charge in [-0.1, -0.05) is 54.1 Å². The van der Waals surface area contributed by atoms with E-state index in [0.717, 1.165) is 11.1 Å². The molecular weight excluding hydrogens is 463 g/mol. The summed E-state index contributed by atoms with van der Waals surface area (Å²) in [5, 5.41) is 7.00. The fourth-order valence-corrected chi connectivity index (χ4v) is 2.29. The van der Waals surface area contributed by atoms with Crippen LogP contribution >= 0.6 is 35.6 Å². The van der Waals surface area contributed by atoms with E-state index in [0.29, 0.717) is 24.1 Å². The number of guanidine groups is 1. The van der Waals surface area contributed by atoms with Crippen molar-refractivity contribution in [2.24, 2.45) is 4.99 Å². The zero-order valence-corrected chi connectivity index (χ0v) is 18.0. The van der Waals surface area contributed by atoms with Gasteiger partial charge in [-0.3, -0.25) is 4.79 Å². The van der Waals surface area contributed by atoms with Crippen molar-refractivity contribution in [3.8, 4) is 0 Å². The number of nitrogens with one attached hydrogen (secondary N) is 2. The highest BCUT2D eigenvalue weighted by atomic mass is 127. The van der Waals surface area contributed by atoms with Crippen LogP contribution in [0, 0.1) is 0 Å². The monoisotopic (exact) mass is 486 g/mol. The van der Waals surface area contributed by atoms with Gasteiger partial charge in [0.15, 0.2) is 5.96 Å². The van der Waals surface area contributed by atoms with Gasteiger partial charge in [0.25, 0.3) is 0 Å². The lowest BCUT2D eigenvalue weighted by Gasteiger charge is -2.15. The number of halogens is 2. The maximum absolute atomic E-state index is 11.8. The van der Waals surface area contributed by atoms with Crippen molar-refractivity contribution in [3.63, 3.8) is 0 Å². The lowest BCUT2D eigenvalue weighted by Crippen LogP contribution is -2.42. The van der Waals surface area contributed by atoms with Crippen molar-refractivity contribution >= 4 is 47.4 Å². The molecule has 0 atom stereocenters. The summed E-state index contributed by atoms with van der Waals surface area (Å²) in [6.07, 6.45) is 0. The summed E-state index contributed by atoms with van der Waals surface area (Å²) in [5.74, 6) is 0.566. The molecule has 1 amide bonds. The molecular formula is C19H24ClIN4O. The zero-order valence-electron chi connectivity index (χ0n) is 14.9. The number of carbonyl (C=O) groups is 1. The van der Waals surface area contributed by atoms with Crippen molar-refractivity contribution in [2.75, 3.05) is 20.6 Å². The van der Waals surface area contributed by atoms with Crippen LogP contribution in [0.15, 0.2) is 59.6 Å². The first-order valence-corrected chi connectivity index (χ1v) is 8.43. The molecule has 0 aliphatic carbocycles. The van der Waals surface area contributed by atoms with Gasteiger partial charge < -0.3 is 15.5 Å². The first-order valence-electron chi connectivity index (χ1n) is 8.05. The number of carbonyl (C=O) groups excluding carboxylic acids is 1. The van der Waals surface area contributed by atoms with Crippen LogP contribution in [-0.2, 0) is 17.9 Å². The average molecular weight is 487 g/mol. The molecule has 2 aromatic rings. The lowest BCUT2D eigenvalue weighted by atomic mass is 10.2. The normalized spacial score (nSPS) is 10.7. The summed E-state index contributed by atoms with van der Waals surface area (Å²) in [5.41, 5.74) is 2.14. The van der Waals surface area contributed by atoms with Gasteiger partial charge in [-0.15, -0.1) is 24.0 Å². The molecule has 2 aromatic carbocycles. The minimum atomic E-state index is -0.0167. The van der Waals surface area contributed by atoms with Gasteiger partial charge in [0, 0.05) is 25.7 Å².